The number of hydrogen-bond donors (Lipinski definition) is 2. The van der Waals surface area contributed by atoms with Crippen molar-refractivity contribution < 1.29 is 5.11 Å². The van der Waals surface area contributed by atoms with Gasteiger partial charge >= 0.3 is 0 Å². The smallest absolute Gasteiger partial charge is 0.258 e. The lowest BCUT2D eigenvalue weighted by atomic mass is 9.82. The highest BCUT2D eigenvalue weighted by Crippen LogP contribution is 2.27. The van der Waals surface area contributed by atoms with Crippen LogP contribution in [0, 0.1) is 0 Å². The Balaban J connectivity index is 1.80. The summed E-state index contributed by atoms with van der Waals surface area (Å²) in [7, 11) is 0. The summed E-state index contributed by atoms with van der Waals surface area (Å²) in [6.45, 7) is 0.654. The van der Waals surface area contributed by atoms with Gasteiger partial charge in [-0.15, -0.1) is 0 Å². The molecule has 0 bridgehead atoms. The molecule has 1 aliphatic rings. The number of pyridine rings is 1. The van der Waals surface area contributed by atoms with Crippen molar-refractivity contribution in [2.75, 3.05) is 6.61 Å². The average Bonchev–Trinajstić information content (AvgIpc) is 2.54. The first-order chi connectivity index (χ1) is 10.2. The third-order valence-corrected chi connectivity index (χ3v) is 4.38. The van der Waals surface area contributed by atoms with Crippen LogP contribution in [0.25, 0.3) is 5.65 Å². The SMILES string of the molecule is O=c1cc(CNC2(CO)CCCCC2)nc2ccccn12. The van der Waals surface area contributed by atoms with Crippen LogP contribution in [0.4, 0.5) is 0 Å². The third-order valence-electron chi connectivity index (χ3n) is 4.38. The van der Waals surface area contributed by atoms with E-state index in [2.05, 4.69) is 10.3 Å². The Hall–Kier alpha value is -1.72. The molecule has 21 heavy (non-hydrogen) atoms. The van der Waals surface area contributed by atoms with Gasteiger partial charge in [0.1, 0.15) is 5.65 Å². The minimum absolute atomic E-state index is 0.0703. The number of aliphatic hydroxyl groups is 1. The second-order valence-corrected chi connectivity index (χ2v) is 5.87. The quantitative estimate of drug-likeness (QED) is 0.894. The molecule has 5 nitrogen and oxygen atoms in total. The molecule has 0 saturated heterocycles. The van der Waals surface area contributed by atoms with Crippen LogP contribution in [0.5, 0.6) is 0 Å². The summed E-state index contributed by atoms with van der Waals surface area (Å²) in [5.41, 5.74) is 1.11. The molecular weight excluding hydrogens is 266 g/mol. The summed E-state index contributed by atoms with van der Waals surface area (Å²) < 4.78 is 1.53. The van der Waals surface area contributed by atoms with E-state index in [9.17, 15) is 9.90 Å². The third kappa shape index (κ3) is 2.99. The number of fused-ring (bicyclic) bond motifs is 1. The first kappa shape index (κ1) is 14.2. The Labute approximate surface area is 123 Å². The Bertz CT molecular complexity index is 675. The van der Waals surface area contributed by atoms with Gasteiger partial charge in [0, 0.05) is 24.3 Å². The molecule has 112 valence electrons. The maximum absolute atomic E-state index is 12.0. The summed E-state index contributed by atoms with van der Waals surface area (Å²) in [6.07, 6.45) is 7.20. The molecule has 0 radical (unpaired) electrons. The summed E-state index contributed by atoms with van der Waals surface area (Å²) in [6, 6.07) is 7.08. The Kier molecular flexibility index (Phi) is 4.03. The van der Waals surface area contributed by atoms with Crippen molar-refractivity contribution in [3.05, 3.63) is 46.5 Å². The maximum Gasteiger partial charge on any atom is 0.258 e. The summed E-state index contributed by atoms with van der Waals surface area (Å²) in [5, 5.41) is 13.1. The number of nitrogens with one attached hydrogen (secondary N) is 1. The highest BCUT2D eigenvalue weighted by Gasteiger charge is 2.30. The predicted octanol–water partition coefficient (Wildman–Crippen LogP) is 1.48. The number of aromatic nitrogens is 2. The van der Waals surface area contributed by atoms with Crippen molar-refractivity contribution in [3.63, 3.8) is 0 Å². The highest BCUT2D eigenvalue weighted by atomic mass is 16.3. The molecule has 0 amide bonds. The van der Waals surface area contributed by atoms with Gasteiger partial charge in [-0.2, -0.15) is 0 Å². The maximum atomic E-state index is 12.0. The van der Waals surface area contributed by atoms with E-state index in [0.717, 1.165) is 31.4 Å². The largest absolute Gasteiger partial charge is 0.394 e. The first-order valence-electron chi connectivity index (χ1n) is 7.56. The van der Waals surface area contributed by atoms with Crippen LogP contribution in [-0.4, -0.2) is 26.6 Å². The van der Waals surface area contributed by atoms with Gasteiger partial charge < -0.3 is 10.4 Å². The second kappa shape index (κ2) is 5.95. The Morgan fingerprint density at radius 1 is 1.29 bits per heavy atom. The molecule has 0 spiro atoms. The number of hydrogen-bond acceptors (Lipinski definition) is 4. The fraction of sp³-hybridized carbons (Fsp3) is 0.500. The molecule has 1 fully saturated rings. The Morgan fingerprint density at radius 3 is 2.86 bits per heavy atom. The zero-order chi connectivity index (χ0) is 14.7. The van der Waals surface area contributed by atoms with Gasteiger partial charge in [0.15, 0.2) is 0 Å². The van der Waals surface area contributed by atoms with Crippen LogP contribution < -0.4 is 10.9 Å². The standard InChI is InChI=1S/C16H21N3O2/c20-12-16(7-3-1-4-8-16)17-11-13-10-15(21)19-9-5-2-6-14(19)18-13/h2,5-6,9-10,17,20H,1,3-4,7-8,11-12H2. The lowest BCUT2D eigenvalue weighted by Crippen LogP contribution is -2.49. The summed E-state index contributed by atoms with van der Waals surface area (Å²) in [5.74, 6) is 0. The molecule has 2 aromatic rings. The van der Waals surface area contributed by atoms with E-state index in [1.807, 2.05) is 18.2 Å². The van der Waals surface area contributed by atoms with Crippen LogP contribution in [0.1, 0.15) is 37.8 Å². The van der Waals surface area contributed by atoms with Crippen molar-refractivity contribution in [2.24, 2.45) is 0 Å². The summed E-state index contributed by atoms with van der Waals surface area (Å²) >= 11 is 0. The fourth-order valence-electron chi connectivity index (χ4n) is 3.09. The van der Waals surface area contributed by atoms with Gasteiger partial charge in [-0.3, -0.25) is 9.20 Å². The molecule has 0 aliphatic heterocycles. The van der Waals surface area contributed by atoms with Crippen LogP contribution in [-0.2, 0) is 6.54 Å². The second-order valence-electron chi connectivity index (χ2n) is 5.87. The molecule has 0 aromatic carbocycles. The van der Waals surface area contributed by atoms with Crippen molar-refractivity contribution in [2.45, 2.75) is 44.2 Å². The normalized spacial score (nSPS) is 18.0. The van der Waals surface area contributed by atoms with Crippen LogP contribution in [0.2, 0.25) is 0 Å². The minimum Gasteiger partial charge on any atom is -0.394 e. The molecule has 0 unspecified atom stereocenters. The van der Waals surface area contributed by atoms with Crippen molar-refractivity contribution in [3.8, 4) is 0 Å². The number of aliphatic hydroxyl groups excluding tert-OH is 1. The molecule has 3 rings (SSSR count). The lowest BCUT2D eigenvalue weighted by Gasteiger charge is -2.36. The number of rotatable bonds is 4. The molecule has 2 aromatic heterocycles. The summed E-state index contributed by atoms with van der Waals surface area (Å²) in [4.78, 5) is 16.6. The molecule has 2 N–H and O–H groups in total. The van der Waals surface area contributed by atoms with E-state index >= 15 is 0 Å². The van der Waals surface area contributed by atoms with Gasteiger partial charge in [0.25, 0.3) is 5.56 Å². The van der Waals surface area contributed by atoms with E-state index in [4.69, 9.17) is 0 Å². The first-order valence-corrected chi connectivity index (χ1v) is 7.56. The van der Waals surface area contributed by atoms with Gasteiger partial charge in [0.05, 0.1) is 12.3 Å². The van der Waals surface area contributed by atoms with E-state index in [1.54, 1.807) is 12.3 Å². The van der Waals surface area contributed by atoms with Gasteiger partial charge in [-0.25, -0.2) is 4.98 Å². The van der Waals surface area contributed by atoms with Crippen molar-refractivity contribution in [1.82, 2.24) is 14.7 Å². The molecule has 2 heterocycles. The molecule has 5 heteroatoms. The van der Waals surface area contributed by atoms with E-state index in [-0.39, 0.29) is 17.7 Å². The van der Waals surface area contributed by atoms with Gasteiger partial charge in [-0.05, 0) is 25.0 Å². The van der Waals surface area contributed by atoms with Gasteiger partial charge in [0.2, 0.25) is 0 Å². The monoisotopic (exact) mass is 287 g/mol. The fourth-order valence-corrected chi connectivity index (χ4v) is 3.09. The van der Waals surface area contributed by atoms with Crippen LogP contribution >= 0.6 is 0 Å². The van der Waals surface area contributed by atoms with E-state index in [0.29, 0.717) is 12.2 Å². The lowest BCUT2D eigenvalue weighted by molar-refractivity contribution is 0.119. The zero-order valence-electron chi connectivity index (χ0n) is 12.1. The molecule has 1 saturated carbocycles. The van der Waals surface area contributed by atoms with Gasteiger partial charge in [-0.1, -0.05) is 25.3 Å². The highest BCUT2D eigenvalue weighted by molar-refractivity contribution is 5.37. The van der Waals surface area contributed by atoms with E-state index in [1.165, 1.54) is 10.8 Å². The zero-order valence-corrected chi connectivity index (χ0v) is 12.1. The van der Waals surface area contributed by atoms with E-state index < -0.39 is 0 Å². The van der Waals surface area contributed by atoms with Crippen molar-refractivity contribution in [1.29, 1.82) is 0 Å². The van der Waals surface area contributed by atoms with Crippen molar-refractivity contribution >= 4 is 5.65 Å². The average molecular weight is 287 g/mol. The minimum atomic E-state index is -0.207. The topological polar surface area (TPSA) is 66.6 Å². The van der Waals surface area contributed by atoms with Crippen LogP contribution in [0.15, 0.2) is 35.3 Å². The molecule has 0 atom stereocenters. The Morgan fingerprint density at radius 2 is 2.10 bits per heavy atom. The van der Waals surface area contributed by atoms with Crippen LogP contribution in [0.3, 0.4) is 0 Å². The number of nitrogens with zero attached hydrogens (tertiary/aromatic N) is 2. The molecular formula is C16H21N3O2. The molecule has 1 aliphatic carbocycles. The predicted molar refractivity (Wildman–Crippen MR) is 81.2 cm³/mol.